The van der Waals surface area contributed by atoms with Crippen molar-refractivity contribution >= 4 is 16.6 Å². The second kappa shape index (κ2) is 5.55. The topological polar surface area (TPSA) is 47.1 Å². The summed E-state index contributed by atoms with van der Waals surface area (Å²) >= 11 is 0. The smallest absolute Gasteiger partial charge is 0.264 e. The van der Waals surface area contributed by atoms with Gasteiger partial charge in [-0.2, -0.15) is 0 Å². The Kier molecular flexibility index (Phi) is 3.38. The molecule has 2 aliphatic heterocycles. The molecule has 2 aliphatic rings. The predicted molar refractivity (Wildman–Crippen MR) is 102 cm³/mol. The molecule has 1 atom stereocenters. The van der Waals surface area contributed by atoms with E-state index in [1.54, 1.807) is 0 Å². The van der Waals surface area contributed by atoms with Crippen molar-refractivity contribution in [2.45, 2.75) is 39.2 Å². The summed E-state index contributed by atoms with van der Waals surface area (Å²) in [6, 6.07) is 9.09. The highest BCUT2D eigenvalue weighted by Crippen LogP contribution is 2.54. The number of aromatic nitrogens is 3. The van der Waals surface area contributed by atoms with Crippen molar-refractivity contribution in [1.29, 1.82) is 0 Å². The molecule has 0 amide bonds. The van der Waals surface area contributed by atoms with Crippen LogP contribution in [0.15, 0.2) is 41.2 Å². The minimum atomic E-state index is 0.0676. The zero-order valence-electron chi connectivity index (χ0n) is 15.6. The van der Waals surface area contributed by atoms with Gasteiger partial charge in [-0.25, -0.2) is 0 Å². The first-order valence-corrected chi connectivity index (χ1v) is 9.52. The van der Waals surface area contributed by atoms with Gasteiger partial charge >= 0.3 is 0 Å². The van der Waals surface area contributed by atoms with Crippen molar-refractivity contribution in [3.8, 4) is 0 Å². The minimum absolute atomic E-state index is 0.0676. The van der Waals surface area contributed by atoms with Crippen molar-refractivity contribution in [2.75, 3.05) is 13.6 Å². The number of para-hydroxylation sites is 1. The third kappa shape index (κ3) is 1.89. The summed E-state index contributed by atoms with van der Waals surface area (Å²) in [7, 11) is 2.27. The molecule has 0 unspecified atom stereocenters. The van der Waals surface area contributed by atoms with E-state index in [9.17, 15) is 0 Å². The fraction of sp³-hybridized carbons (Fsp3) is 0.429. The summed E-state index contributed by atoms with van der Waals surface area (Å²) in [6.45, 7) is 5.69. The molecule has 134 valence electrons. The van der Waals surface area contributed by atoms with Crippen molar-refractivity contribution < 1.29 is 4.42 Å². The Balaban J connectivity index is 1.92. The molecule has 1 aromatic carbocycles. The van der Waals surface area contributed by atoms with Crippen LogP contribution in [0, 0.1) is 5.41 Å². The number of hydrogen-bond donors (Lipinski definition) is 0. The average molecular weight is 348 g/mol. The number of benzene rings is 1. The first-order chi connectivity index (χ1) is 12.7. The van der Waals surface area contributed by atoms with Gasteiger partial charge < -0.3 is 8.98 Å². The van der Waals surface area contributed by atoms with Crippen molar-refractivity contribution in [3.63, 3.8) is 0 Å². The molecule has 2 aromatic heterocycles. The maximum atomic E-state index is 5.66. The monoisotopic (exact) mass is 348 g/mol. The number of hydrogen-bond acceptors (Lipinski definition) is 4. The van der Waals surface area contributed by atoms with E-state index in [0.29, 0.717) is 11.9 Å². The lowest BCUT2D eigenvalue weighted by Gasteiger charge is -2.48. The van der Waals surface area contributed by atoms with Crippen LogP contribution in [0.1, 0.15) is 49.9 Å². The highest BCUT2D eigenvalue weighted by atomic mass is 16.4. The van der Waals surface area contributed by atoms with Crippen molar-refractivity contribution in [1.82, 2.24) is 19.7 Å². The fourth-order valence-electron chi connectivity index (χ4n) is 5.17. The minimum Gasteiger partial charge on any atom is -0.422 e. The molecule has 0 spiro atoms. The molecule has 0 saturated carbocycles. The van der Waals surface area contributed by atoms with E-state index in [-0.39, 0.29) is 5.41 Å². The van der Waals surface area contributed by atoms with Crippen molar-refractivity contribution in [3.05, 3.63) is 53.9 Å². The molecule has 3 aromatic rings. The van der Waals surface area contributed by atoms with Gasteiger partial charge in [0.2, 0.25) is 6.39 Å². The lowest BCUT2D eigenvalue weighted by atomic mass is 9.69. The SMILES string of the molecule is CCC1(CC)C=C(c2nnco2)n2c3c(c4ccccc42)CCN(C)[C@H]31. The van der Waals surface area contributed by atoms with Crippen LogP contribution in [0.5, 0.6) is 0 Å². The normalized spacial score (nSPS) is 21.7. The van der Waals surface area contributed by atoms with E-state index in [1.807, 2.05) is 0 Å². The molecule has 0 radical (unpaired) electrons. The van der Waals surface area contributed by atoms with Gasteiger partial charge in [0.15, 0.2) is 0 Å². The molecule has 0 N–H and O–H groups in total. The van der Waals surface area contributed by atoms with Crippen LogP contribution < -0.4 is 0 Å². The van der Waals surface area contributed by atoms with E-state index >= 15 is 0 Å². The molecule has 0 bridgehead atoms. The fourth-order valence-corrected chi connectivity index (χ4v) is 5.17. The maximum Gasteiger partial charge on any atom is 0.264 e. The lowest BCUT2D eigenvalue weighted by molar-refractivity contribution is 0.0939. The Morgan fingerprint density at radius 2 is 2.04 bits per heavy atom. The largest absolute Gasteiger partial charge is 0.422 e. The first kappa shape index (κ1) is 15.8. The van der Waals surface area contributed by atoms with Crippen LogP contribution in [0.3, 0.4) is 0 Å². The zero-order chi connectivity index (χ0) is 17.9. The number of rotatable bonds is 3. The Labute approximate surface area is 153 Å². The van der Waals surface area contributed by atoms with Crippen LogP contribution in [-0.2, 0) is 6.42 Å². The second-order valence-electron chi connectivity index (χ2n) is 7.56. The molecule has 4 heterocycles. The van der Waals surface area contributed by atoms with Crippen LogP contribution in [0.25, 0.3) is 16.6 Å². The van der Waals surface area contributed by atoms with Gasteiger partial charge in [-0.15, -0.1) is 10.2 Å². The Bertz CT molecular complexity index is 995. The van der Waals surface area contributed by atoms with Gasteiger partial charge in [0.25, 0.3) is 5.89 Å². The Hall–Kier alpha value is -2.40. The Morgan fingerprint density at radius 1 is 1.23 bits per heavy atom. The zero-order valence-corrected chi connectivity index (χ0v) is 15.6. The van der Waals surface area contributed by atoms with Gasteiger partial charge in [0, 0.05) is 23.0 Å². The highest BCUT2D eigenvalue weighted by molar-refractivity contribution is 5.91. The maximum absolute atomic E-state index is 5.66. The number of likely N-dealkylation sites (N-methyl/N-ethyl adjacent to an activating group) is 1. The Morgan fingerprint density at radius 3 is 2.77 bits per heavy atom. The molecule has 5 heteroatoms. The van der Waals surface area contributed by atoms with Gasteiger partial charge in [-0.1, -0.05) is 32.0 Å². The summed E-state index contributed by atoms with van der Waals surface area (Å²) in [5.41, 5.74) is 5.25. The third-order valence-electron chi connectivity index (χ3n) is 6.54. The molecule has 0 aliphatic carbocycles. The van der Waals surface area contributed by atoms with Gasteiger partial charge in [0.1, 0.15) is 5.70 Å². The summed E-state index contributed by atoms with van der Waals surface area (Å²) in [6.07, 6.45) is 7.06. The first-order valence-electron chi connectivity index (χ1n) is 9.52. The standard InChI is InChI=1S/C21H24N4O/c1-4-21(5-2)12-17(20-23-22-13-26-20)25-16-9-7-6-8-14(16)15-10-11-24(3)19(21)18(15)25/h6-9,12-13,19H,4-5,10-11H2,1-3H3/t19-/m1/s1. The quantitative estimate of drug-likeness (QED) is 0.709. The van der Waals surface area contributed by atoms with Gasteiger partial charge in [0.05, 0.1) is 11.6 Å². The van der Waals surface area contributed by atoms with Gasteiger partial charge in [-0.3, -0.25) is 4.90 Å². The van der Waals surface area contributed by atoms with E-state index in [0.717, 1.165) is 31.5 Å². The van der Waals surface area contributed by atoms with Crippen molar-refractivity contribution in [2.24, 2.45) is 5.41 Å². The molecule has 0 fully saturated rings. The summed E-state index contributed by atoms with van der Waals surface area (Å²) < 4.78 is 8.04. The average Bonchev–Trinajstić information content (AvgIpc) is 3.32. The van der Waals surface area contributed by atoms with Crippen LogP contribution in [-0.4, -0.2) is 33.3 Å². The van der Waals surface area contributed by atoms with Crippen LogP contribution in [0.2, 0.25) is 0 Å². The molecule has 5 rings (SSSR count). The van der Waals surface area contributed by atoms with Crippen LogP contribution in [0.4, 0.5) is 0 Å². The molecule has 26 heavy (non-hydrogen) atoms. The third-order valence-corrected chi connectivity index (χ3v) is 6.54. The van der Waals surface area contributed by atoms with Gasteiger partial charge in [-0.05, 0) is 44.0 Å². The predicted octanol–water partition coefficient (Wildman–Crippen LogP) is 4.26. The second-order valence-corrected chi connectivity index (χ2v) is 7.56. The molecule has 5 nitrogen and oxygen atoms in total. The summed E-state index contributed by atoms with van der Waals surface area (Å²) in [5.74, 6) is 0.603. The van der Waals surface area contributed by atoms with Crippen LogP contribution >= 0.6 is 0 Å². The number of nitrogens with zero attached hydrogens (tertiary/aromatic N) is 4. The lowest BCUT2D eigenvalue weighted by Crippen LogP contribution is -2.45. The van der Waals surface area contributed by atoms with E-state index in [4.69, 9.17) is 4.42 Å². The molecular formula is C21H24N4O. The molecular weight excluding hydrogens is 324 g/mol. The molecule has 0 saturated heterocycles. The van der Waals surface area contributed by atoms with E-state index in [1.165, 1.54) is 28.6 Å². The van der Waals surface area contributed by atoms with E-state index in [2.05, 4.69) is 70.9 Å². The van der Waals surface area contributed by atoms with E-state index < -0.39 is 0 Å². The summed E-state index contributed by atoms with van der Waals surface area (Å²) in [4.78, 5) is 2.53. The summed E-state index contributed by atoms with van der Waals surface area (Å²) in [5, 5.41) is 9.56. The number of fused-ring (bicyclic) bond motifs is 3. The highest BCUT2D eigenvalue weighted by Gasteiger charge is 2.47.